The van der Waals surface area contributed by atoms with Gasteiger partial charge in [0.05, 0.1) is 52.9 Å². The van der Waals surface area contributed by atoms with Gasteiger partial charge in [-0.25, -0.2) is 19.2 Å². The summed E-state index contributed by atoms with van der Waals surface area (Å²) in [5.41, 5.74) is 0. The van der Waals surface area contributed by atoms with E-state index in [1.165, 1.54) is 6.08 Å². The Morgan fingerprint density at radius 1 is 0.667 bits per heavy atom. The normalized spacial score (nSPS) is 26.8. The fraction of sp³-hybridized carbons (Fsp3) is 0.684. The molecule has 1 rings (SSSR count). The Kier molecular flexibility index (Phi) is 13.8. The van der Waals surface area contributed by atoms with Crippen LogP contribution < -0.4 is 0 Å². The highest BCUT2D eigenvalue weighted by atomic mass is 16.6. The minimum Gasteiger partial charge on any atom is -0.479 e. The fourth-order valence-electron chi connectivity index (χ4n) is 2.51. The molecule has 1 aliphatic heterocycles. The molecule has 4 atom stereocenters. The summed E-state index contributed by atoms with van der Waals surface area (Å²) in [5.74, 6) is -5.51. The lowest BCUT2D eigenvalue weighted by Gasteiger charge is -2.24. The van der Waals surface area contributed by atoms with Crippen LogP contribution in [0.2, 0.25) is 0 Å². The topological polar surface area (TPSA) is 194 Å². The van der Waals surface area contributed by atoms with Crippen molar-refractivity contribution in [1.29, 1.82) is 0 Å². The maximum absolute atomic E-state index is 12.2. The van der Waals surface area contributed by atoms with E-state index in [4.69, 9.17) is 33.2 Å². The summed E-state index contributed by atoms with van der Waals surface area (Å²) in [6.07, 6.45) is -5.57. The predicted molar refractivity (Wildman–Crippen MR) is 105 cm³/mol. The van der Waals surface area contributed by atoms with Gasteiger partial charge in [-0.05, 0) is 0 Å². The van der Waals surface area contributed by atoms with Gasteiger partial charge in [-0.2, -0.15) is 0 Å². The minimum atomic E-state index is -1.79. The largest absolute Gasteiger partial charge is 0.479 e. The molecule has 0 amide bonds. The lowest BCUT2D eigenvalue weighted by atomic mass is 10.2. The zero-order valence-electron chi connectivity index (χ0n) is 17.8. The Labute approximate surface area is 188 Å². The van der Waals surface area contributed by atoms with Gasteiger partial charge in [0, 0.05) is 0 Å². The second-order valence-corrected chi connectivity index (χ2v) is 6.32. The number of esters is 1. The van der Waals surface area contributed by atoms with Gasteiger partial charge in [0.1, 0.15) is 6.61 Å². The molecule has 0 unspecified atom stereocenters. The summed E-state index contributed by atoms with van der Waals surface area (Å²) in [6.45, 7) is 1.61. The molecule has 0 aromatic heterocycles. The van der Waals surface area contributed by atoms with Gasteiger partial charge >= 0.3 is 23.9 Å². The number of carbonyl (C=O) groups excluding carboxylic acids is 1. The van der Waals surface area contributed by atoms with Crippen molar-refractivity contribution in [1.82, 2.24) is 0 Å². The van der Waals surface area contributed by atoms with Crippen molar-refractivity contribution in [2.24, 2.45) is 0 Å². The van der Waals surface area contributed by atoms with Crippen LogP contribution in [0.1, 0.15) is 0 Å². The number of carbonyl (C=O) groups is 4. The molecule has 0 aromatic rings. The number of rotatable bonds is 6. The van der Waals surface area contributed by atoms with Gasteiger partial charge < -0.3 is 48.5 Å². The standard InChI is InChI=1S/C19H28O14/c1-2-3-33-19(26)15-14(18(24)25)31-10-6-27-4-8-29-12(16(20)21)13(17(22)23)30-9-5-28-7-11-32-15/h2,12-15H,1,3-11H2,(H,20,21)(H,22,23)(H,24,25)/t12-,13-,14-,15-/m1/s1. The van der Waals surface area contributed by atoms with Gasteiger partial charge in [-0.1, -0.05) is 12.7 Å². The monoisotopic (exact) mass is 480 g/mol. The molecule has 0 spiro atoms. The van der Waals surface area contributed by atoms with Gasteiger partial charge in [0.2, 0.25) is 0 Å². The molecule has 1 saturated heterocycles. The summed E-state index contributed by atoms with van der Waals surface area (Å²) in [4.78, 5) is 46.6. The summed E-state index contributed by atoms with van der Waals surface area (Å²) < 4.78 is 35.9. The highest BCUT2D eigenvalue weighted by molar-refractivity contribution is 5.85. The third kappa shape index (κ3) is 10.7. The Hall–Kier alpha value is -2.62. The van der Waals surface area contributed by atoms with Crippen LogP contribution in [0.5, 0.6) is 0 Å². The first kappa shape index (κ1) is 28.4. The van der Waals surface area contributed by atoms with Crippen molar-refractivity contribution in [3.8, 4) is 0 Å². The summed E-state index contributed by atoms with van der Waals surface area (Å²) in [5, 5.41) is 27.9. The molecular weight excluding hydrogens is 452 g/mol. The maximum atomic E-state index is 12.2. The Bertz CT molecular complexity index is 650. The molecule has 1 heterocycles. The molecule has 188 valence electrons. The second-order valence-electron chi connectivity index (χ2n) is 6.32. The maximum Gasteiger partial charge on any atom is 0.338 e. The van der Waals surface area contributed by atoms with Gasteiger partial charge in [-0.3, -0.25) is 0 Å². The molecular formula is C19H28O14. The van der Waals surface area contributed by atoms with Crippen LogP contribution in [0, 0.1) is 0 Å². The number of aliphatic carboxylic acids is 3. The van der Waals surface area contributed by atoms with Crippen LogP contribution in [-0.4, -0.2) is 123 Å². The fourth-order valence-corrected chi connectivity index (χ4v) is 2.51. The van der Waals surface area contributed by atoms with Crippen LogP contribution >= 0.6 is 0 Å². The molecule has 1 fully saturated rings. The summed E-state index contributed by atoms with van der Waals surface area (Å²) >= 11 is 0. The number of ether oxygens (including phenoxy) is 7. The predicted octanol–water partition coefficient (Wildman–Crippen LogP) is -1.44. The van der Waals surface area contributed by atoms with Crippen LogP contribution in [0.4, 0.5) is 0 Å². The van der Waals surface area contributed by atoms with Gasteiger partial charge in [-0.15, -0.1) is 0 Å². The van der Waals surface area contributed by atoms with E-state index in [9.17, 15) is 34.5 Å². The first-order valence-electron chi connectivity index (χ1n) is 9.87. The third-order valence-corrected chi connectivity index (χ3v) is 3.96. The highest BCUT2D eigenvalue weighted by Crippen LogP contribution is 2.10. The van der Waals surface area contributed by atoms with E-state index in [2.05, 4.69) is 6.58 Å². The van der Waals surface area contributed by atoms with E-state index in [0.717, 1.165) is 0 Å². The van der Waals surface area contributed by atoms with Crippen molar-refractivity contribution in [2.45, 2.75) is 24.4 Å². The van der Waals surface area contributed by atoms with Crippen molar-refractivity contribution in [3.63, 3.8) is 0 Å². The molecule has 0 aromatic carbocycles. The quantitative estimate of drug-likeness (QED) is 0.295. The minimum absolute atomic E-state index is 0.124. The number of hydrogen-bond acceptors (Lipinski definition) is 11. The Balaban J connectivity index is 2.84. The number of hydrogen-bond donors (Lipinski definition) is 3. The van der Waals surface area contributed by atoms with Crippen LogP contribution in [0.3, 0.4) is 0 Å². The molecule has 1 aliphatic rings. The van der Waals surface area contributed by atoms with Crippen molar-refractivity contribution < 1.29 is 67.7 Å². The van der Waals surface area contributed by atoms with Crippen molar-refractivity contribution >= 4 is 23.9 Å². The summed E-state index contributed by atoms with van der Waals surface area (Å²) in [7, 11) is 0. The molecule has 3 N–H and O–H groups in total. The van der Waals surface area contributed by atoms with Crippen LogP contribution in [0.25, 0.3) is 0 Å². The third-order valence-electron chi connectivity index (χ3n) is 3.96. The molecule has 0 radical (unpaired) electrons. The first-order chi connectivity index (χ1) is 15.8. The lowest BCUT2D eigenvalue weighted by Crippen LogP contribution is -2.46. The van der Waals surface area contributed by atoms with E-state index in [0.29, 0.717) is 0 Å². The number of carboxylic acids is 3. The smallest absolute Gasteiger partial charge is 0.338 e. The number of carboxylic acid groups (broad SMARTS) is 3. The molecule has 0 saturated carbocycles. The van der Waals surface area contributed by atoms with Crippen LogP contribution in [-0.2, 0) is 52.3 Å². The molecule has 0 aliphatic carbocycles. The Morgan fingerprint density at radius 2 is 1.00 bits per heavy atom. The average molecular weight is 480 g/mol. The van der Waals surface area contributed by atoms with E-state index in [-0.39, 0.29) is 59.5 Å². The van der Waals surface area contributed by atoms with Gasteiger partial charge in [0.15, 0.2) is 24.4 Å². The second kappa shape index (κ2) is 16.1. The van der Waals surface area contributed by atoms with E-state index < -0.39 is 48.3 Å². The average Bonchev–Trinajstić information content (AvgIpc) is 2.76. The van der Waals surface area contributed by atoms with Crippen molar-refractivity contribution in [2.75, 3.05) is 59.5 Å². The SMILES string of the molecule is C=CCOC(=O)[C@@H]1OCCOCCO[C@@H](C(=O)O)[C@H](C(=O)O)OCCOCCO[C@H]1C(=O)O. The zero-order chi connectivity index (χ0) is 24.6. The molecule has 14 heteroatoms. The van der Waals surface area contributed by atoms with Crippen molar-refractivity contribution in [3.05, 3.63) is 12.7 Å². The lowest BCUT2D eigenvalue weighted by molar-refractivity contribution is -0.184. The highest BCUT2D eigenvalue weighted by Gasteiger charge is 2.38. The molecule has 14 nitrogen and oxygen atoms in total. The molecule has 33 heavy (non-hydrogen) atoms. The van der Waals surface area contributed by atoms with Crippen LogP contribution in [0.15, 0.2) is 12.7 Å². The van der Waals surface area contributed by atoms with Gasteiger partial charge in [0.25, 0.3) is 0 Å². The first-order valence-corrected chi connectivity index (χ1v) is 9.87. The molecule has 0 bridgehead atoms. The Morgan fingerprint density at radius 3 is 1.33 bits per heavy atom. The van der Waals surface area contributed by atoms with E-state index in [1.54, 1.807) is 0 Å². The summed E-state index contributed by atoms with van der Waals surface area (Å²) in [6, 6.07) is 0. The van der Waals surface area contributed by atoms with E-state index >= 15 is 0 Å². The van der Waals surface area contributed by atoms with E-state index in [1.807, 2.05) is 0 Å². The zero-order valence-corrected chi connectivity index (χ0v) is 17.8.